The van der Waals surface area contributed by atoms with E-state index in [1.54, 1.807) is 6.21 Å². The summed E-state index contributed by atoms with van der Waals surface area (Å²) in [4.78, 5) is 6.44. The highest BCUT2D eigenvalue weighted by Crippen LogP contribution is 2.14. The maximum absolute atomic E-state index is 5.78. The van der Waals surface area contributed by atoms with E-state index in [1.165, 1.54) is 0 Å². The quantitative estimate of drug-likeness (QED) is 0.652. The lowest BCUT2D eigenvalue weighted by Crippen LogP contribution is -2.30. The predicted molar refractivity (Wildman–Crippen MR) is 56.4 cm³/mol. The van der Waals surface area contributed by atoms with Gasteiger partial charge in [0.2, 0.25) is 0 Å². The first-order valence-corrected chi connectivity index (χ1v) is 4.56. The van der Waals surface area contributed by atoms with Crippen molar-refractivity contribution >= 4 is 6.21 Å². The van der Waals surface area contributed by atoms with Crippen molar-refractivity contribution in [2.45, 2.75) is 26.8 Å². The summed E-state index contributed by atoms with van der Waals surface area (Å²) in [5.41, 5.74) is 7.51. The Balaban J connectivity index is 2.77. The number of allylic oxidation sites excluding steroid dienone is 1. The molecule has 0 aromatic carbocycles. The Kier molecular flexibility index (Phi) is 3.12. The molecule has 0 aromatic heterocycles. The Morgan fingerprint density at radius 1 is 1.62 bits per heavy atom. The van der Waals surface area contributed by atoms with Crippen LogP contribution in [-0.2, 0) is 0 Å². The third-order valence-corrected chi connectivity index (χ3v) is 2.06. The molecule has 0 atom stereocenters. The molecule has 13 heavy (non-hydrogen) atoms. The van der Waals surface area contributed by atoms with Gasteiger partial charge in [0.05, 0.1) is 17.9 Å². The monoisotopic (exact) mass is 179 g/mol. The number of rotatable bonds is 2. The number of hydrogen-bond donors (Lipinski definition) is 1. The van der Waals surface area contributed by atoms with Gasteiger partial charge in [-0.2, -0.15) is 0 Å². The van der Waals surface area contributed by atoms with E-state index in [1.807, 2.05) is 19.2 Å². The number of nitrogens with two attached hydrogens (primary N) is 1. The van der Waals surface area contributed by atoms with E-state index in [2.05, 4.69) is 23.7 Å². The zero-order chi connectivity index (χ0) is 9.84. The van der Waals surface area contributed by atoms with Gasteiger partial charge in [0.1, 0.15) is 0 Å². The van der Waals surface area contributed by atoms with Crippen LogP contribution in [0.3, 0.4) is 0 Å². The van der Waals surface area contributed by atoms with E-state index in [0.717, 1.165) is 17.9 Å². The van der Waals surface area contributed by atoms with Gasteiger partial charge in [-0.25, -0.2) is 0 Å². The summed E-state index contributed by atoms with van der Waals surface area (Å²) >= 11 is 0. The Morgan fingerprint density at radius 3 is 2.85 bits per heavy atom. The highest BCUT2D eigenvalue weighted by molar-refractivity contribution is 5.56. The Morgan fingerprint density at radius 2 is 2.31 bits per heavy atom. The first-order valence-electron chi connectivity index (χ1n) is 4.56. The summed E-state index contributed by atoms with van der Waals surface area (Å²) in [6.45, 7) is 7.01. The predicted octanol–water partition coefficient (Wildman–Crippen LogP) is 1.49. The van der Waals surface area contributed by atoms with Crippen LogP contribution < -0.4 is 5.73 Å². The second-order valence-corrected chi connectivity index (χ2v) is 3.37. The van der Waals surface area contributed by atoms with Gasteiger partial charge in [-0.3, -0.25) is 4.99 Å². The smallest absolute Gasteiger partial charge is 0.0822 e. The third kappa shape index (κ3) is 2.34. The molecular weight excluding hydrogens is 162 g/mol. The highest BCUT2D eigenvalue weighted by atomic mass is 15.1. The van der Waals surface area contributed by atoms with E-state index in [-0.39, 0.29) is 0 Å². The molecule has 0 aliphatic carbocycles. The van der Waals surface area contributed by atoms with Gasteiger partial charge < -0.3 is 10.6 Å². The van der Waals surface area contributed by atoms with Crippen molar-refractivity contribution in [3.8, 4) is 0 Å². The number of nitrogens with zero attached hydrogens (tertiary/aromatic N) is 2. The minimum atomic E-state index is 0.492. The molecule has 0 radical (unpaired) electrons. The van der Waals surface area contributed by atoms with E-state index >= 15 is 0 Å². The van der Waals surface area contributed by atoms with E-state index < -0.39 is 0 Å². The second-order valence-electron chi connectivity index (χ2n) is 3.37. The van der Waals surface area contributed by atoms with E-state index in [9.17, 15) is 0 Å². The molecule has 0 spiro atoms. The minimum Gasteiger partial charge on any atom is -0.397 e. The highest BCUT2D eigenvalue weighted by Gasteiger charge is 2.12. The zero-order valence-electron chi connectivity index (χ0n) is 8.49. The van der Waals surface area contributed by atoms with E-state index in [0.29, 0.717) is 6.04 Å². The van der Waals surface area contributed by atoms with Crippen molar-refractivity contribution in [1.82, 2.24) is 4.90 Å². The van der Waals surface area contributed by atoms with Crippen LogP contribution in [-0.4, -0.2) is 23.7 Å². The minimum absolute atomic E-state index is 0.492. The normalized spacial score (nSPS) is 18.0. The number of hydrogen-bond acceptors (Lipinski definition) is 3. The number of aliphatic imine (C=N–C) groups is 1. The summed E-state index contributed by atoms with van der Waals surface area (Å²) in [6, 6.07) is 0.492. The van der Waals surface area contributed by atoms with Crippen molar-refractivity contribution in [2.75, 3.05) is 6.54 Å². The van der Waals surface area contributed by atoms with Crippen molar-refractivity contribution in [1.29, 1.82) is 0 Å². The third-order valence-electron chi connectivity index (χ3n) is 2.06. The molecule has 1 aliphatic heterocycles. The zero-order valence-corrected chi connectivity index (χ0v) is 8.49. The fraction of sp³-hybridized carbons (Fsp3) is 0.500. The maximum atomic E-state index is 5.78. The van der Waals surface area contributed by atoms with Gasteiger partial charge in [-0.15, -0.1) is 0 Å². The molecule has 1 heterocycles. The molecule has 0 amide bonds. The lowest BCUT2D eigenvalue weighted by atomic mass is 10.2. The lowest BCUT2D eigenvalue weighted by Gasteiger charge is -2.28. The van der Waals surface area contributed by atoms with Gasteiger partial charge >= 0.3 is 0 Å². The average molecular weight is 179 g/mol. The standard InChI is InChI=1S/C10H17N3/c1-4-12-10-7-13(8(2)3)6-5-9(10)11/h4-6,8H,7,11H2,1-3H3. The van der Waals surface area contributed by atoms with Crippen LogP contribution >= 0.6 is 0 Å². The molecule has 0 saturated heterocycles. The van der Waals surface area contributed by atoms with E-state index in [4.69, 9.17) is 5.73 Å². The Labute approximate surface area is 79.6 Å². The second kappa shape index (κ2) is 4.12. The van der Waals surface area contributed by atoms with Gasteiger partial charge in [-0.1, -0.05) is 0 Å². The molecule has 1 rings (SSSR count). The molecular formula is C10H17N3. The molecule has 0 bridgehead atoms. The molecule has 3 nitrogen and oxygen atoms in total. The lowest BCUT2D eigenvalue weighted by molar-refractivity contribution is 0.329. The maximum Gasteiger partial charge on any atom is 0.0822 e. The van der Waals surface area contributed by atoms with Crippen LogP contribution in [0.15, 0.2) is 28.7 Å². The Bertz CT molecular complexity index is 261. The first kappa shape index (κ1) is 9.84. The largest absolute Gasteiger partial charge is 0.397 e. The first-order chi connectivity index (χ1) is 6.15. The van der Waals surface area contributed by atoms with Crippen LogP contribution in [0.25, 0.3) is 0 Å². The van der Waals surface area contributed by atoms with Gasteiger partial charge in [0.25, 0.3) is 0 Å². The van der Waals surface area contributed by atoms with Crippen LogP contribution in [0.5, 0.6) is 0 Å². The van der Waals surface area contributed by atoms with Gasteiger partial charge in [-0.05, 0) is 26.8 Å². The van der Waals surface area contributed by atoms with Crippen LogP contribution in [0.4, 0.5) is 0 Å². The molecule has 0 aromatic rings. The fourth-order valence-corrected chi connectivity index (χ4v) is 1.22. The summed E-state index contributed by atoms with van der Waals surface area (Å²) in [7, 11) is 0. The van der Waals surface area contributed by atoms with Gasteiger partial charge in [0.15, 0.2) is 0 Å². The molecule has 0 unspecified atom stereocenters. The van der Waals surface area contributed by atoms with Crippen molar-refractivity contribution in [3.63, 3.8) is 0 Å². The van der Waals surface area contributed by atoms with Gasteiger partial charge in [0, 0.05) is 18.5 Å². The molecule has 0 fully saturated rings. The van der Waals surface area contributed by atoms with Crippen molar-refractivity contribution in [3.05, 3.63) is 23.7 Å². The van der Waals surface area contributed by atoms with Crippen LogP contribution in [0.1, 0.15) is 20.8 Å². The van der Waals surface area contributed by atoms with Crippen molar-refractivity contribution < 1.29 is 0 Å². The SMILES string of the molecule is CC=NC1=C(N)C=CN(C(C)C)C1. The van der Waals surface area contributed by atoms with Crippen LogP contribution in [0.2, 0.25) is 0 Å². The molecule has 1 aliphatic rings. The molecule has 72 valence electrons. The summed E-state index contributed by atoms with van der Waals surface area (Å²) < 4.78 is 0. The van der Waals surface area contributed by atoms with Crippen LogP contribution in [0, 0.1) is 0 Å². The summed E-state index contributed by atoms with van der Waals surface area (Å²) in [5.74, 6) is 0. The summed E-state index contributed by atoms with van der Waals surface area (Å²) in [5, 5.41) is 0. The molecule has 0 saturated carbocycles. The molecule has 3 heteroatoms. The van der Waals surface area contributed by atoms with Crippen molar-refractivity contribution in [2.24, 2.45) is 10.7 Å². The topological polar surface area (TPSA) is 41.6 Å². The molecule has 2 N–H and O–H groups in total. The fourth-order valence-electron chi connectivity index (χ4n) is 1.22. The Hall–Kier alpha value is -1.25. The summed E-state index contributed by atoms with van der Waals surface area (Å²) in [6.07, 6.45) is 5.71. The average Bonchev–Trinajstić information content (AvgIpc) is 2.08.